The van der Waals surface area contributed by atoms with E-state index in [1.165, 1.54) is 11.1 Å². The van der Waals surface area contributed by atoms with Crippen LogP contribution in [0.5, 0.6) is 0 Å². The molecule has 118 valence electrons. The van der Waals surface area contributed by atoms with Crippen LogP contribution in [0.15, 0.2) is 54.7 Å². The van der Waals surface area contributed by atoms with Gasteiger partial charge in [-0.15, -0.1) is 5.10 Å². The Labute approximate surface area is 143 Å². The van der Waals surface area contributed by atoms with E-state index in [0.717, 1.165) is 27.5 Å². The van der Waals surface area contributed by atoms with E-state index in [4.69, 9.17) is 11.6 Å². The minimum absolute atomic E-state index is 0.662. The van der Waals surface area contributed by atoms with Gasteiger partial charge in [-0.2, -0.15) is 10.2 Å². The van der Waals surface area contributed by atoms with Crippen molar-refractivity contribution < 1.29 is 0 Å². The minimum atomic E-state index is 0.662. The quantitative estimate of drug-likeness (QED) is 0.568. The van der Waals surface area contributed by atoms with Crippen LogP contribution in [0.2, 0.25) is 5.02 Å². The van der Waals surface area contributed by atoms with Gasteiger partial charge in [0.2, 0.25) is 0 Å². The molecule has 24 heavy (non-hydrogen) atoms. The fourth-order valence-electron chi connectivity index (χ4n) is 2.70. The first-order valence-corrected chi connectivity index (χ1v) is 7.88. The number of hydrogen-bond acceptors (Lipinski definition) is 4. The van der Waals surface area contributed by atoms with Gasteiger partial charge in [-0.05, 0) is 53.9 Å². The van der Waals surface area contributed by atoms with Gasteiger partial charge < -0.3 is 5.32 Å². The molecule has 0 bridgehead atoms. The zero-order valence-corrected chi connectivity index (χ0v) is 13.7. The maximum Gasteiger partial charge on any atom is 0.180 e. The third-order valence-corrected chi connectivity index (χ3v) is 4.15. The number of aromatic nitrogens is 4. The summed E-state index contributed by atoms with van der Waals surface area (Å²) >= 11 is 5.96. The lowest BCUT2D eigenvalue weighted by molar-refractivity contribution is 1.02. The Hall–Kier alpha value is -2.92. The summed E-state index contributed by atoms with van der Waals surface area (Å²) in [5.74, 6) is 0.735. The van der Waals surface area contributed by atoms with Gasteiger partial charge in [0.05, 0.1) is 11.6 Å². The second-order valence-electron chi connectivity index (χ2n) is 5.53. The Bertz CT molecular complexity index is 1010. The smallest absolute Gasteiger partial charge is 0.180 e. The molecule has 0 unspecified atom stereocenters. The van der Waals surface area contributed by atoms with E-state index in [9.17, 15) is 0 Å². The second kappa shape index (κ2) is 5.94. The normalized spacial score (nSPS) is 10.9. The van der Waals surface area contributed by atoms with Gasteiger partial charge >= 0.3 is 0 Å². The Morgan fingerprint density at radius 1 is 1.04 bits per heavy atom. The summed E-state index contributed by atoms with van der Waals surface area (Å²) in [5.41, 5.74) is 5.12. The van der Waals surface area contributed by atoms with Crippen LogP contribution in [-0.2, 0) is 0 Å². The number of halogens is 1. The SMILES string of the molecule is Cc1cc(Nc2n[nH]c3nnccc23)ccc1-c1ccc(Cl)cc1. The monoisotopic (exact) mass is 335 g/mol. The highest BCUT2D eigenvalue weighted by molar-refractivity contribution is 6.30. The number of H-pyrrole nitrogens is 1. The summed E-state index contributed by atoms with van der Waals surface area (Å²) in [6, 6.07) is 16.0. The molecule has 0 aliphatic carbocycles. The van der Waals surface area contributed by atoms with Crippen LogP contribution in [-0.4, -0.2) is 20.4 Å². The number of benzene rings is 2. The van der Waals surface area contributed by atoms with Crippen molar-refractivity contribution >= 4 is 34.1 Å². The summed E-state index contributed by atoms with van der Waals surface area (Å²) in [4.78, 5) is 0. The molecular formula is C18H14ClN5. The first kappa shape index (κ1) is 14.7. The molecule has 2 aromatic carbocycles. The lowest BCUT2D eigenvalue weighted by Gasteiger charge is -2.10. The third-order valence-electron chi connectivity index (χ3n) is 3.89. The summed E-state index contributed by atoms with van der Waals surface area (Å²) in [6.45, 7) is 2.09. The van der Waals surface area contributed by atoms with E-state index in [1.54, 1.807) is 6.20 Å². The van der Waals surface area contributed by atoms with Crippen LogP contribution in [0, 0.1) is 6.92 Å². The van der Waals surface area contributed by atoms with Crippen LogP contribution in [0.3, 0.4) is 0 Å². The van der Waals surface area contributed by atoms with Gasteiger partial charge in [0.25, 0.3) is 0 Å². The van der Waals surface area contributed by atoms with Crippen molar-refractivity contribution in [2.24, 2.45) is 0 Å². The van der Waals surface area contributed by atoms with Gasteiger partial charge in [-0.1, -0.05) is 29.8 Å². The number of hydrogen-bond donors (Lipinski definition) is 2. The summed E-state index contributed by atoms with van der Waals surface area (Å²) < 4.78 is 0. The molecule has 0 aliphatic rings. The molecule has 0 fully saturated rings. The molecule has 6 heteroatoms. The number of fused-ring (bicyclic) bond motifs is 1. The van der Waals surface area contributed by atoms with Crippen molar-refractivity contribution in [1.82, 2.24) is 20.4 Å². The Balaban J connectivity index is 1.65. The van der Waals surface area contributed by atoms with E-state index >= 15 is 0 Å². The highest BCUT2D eigenvalue weighted by atomic mass is 35.5. The molecule has 4 rings (SSSR count). The van der Waals surface area contributed by atoms with Crippen LogP contribution in [0.4, 0.5) is 11.5 Å². The number of aryl methyl sites for hydroxylation is 1. The highest BCUT2D eigenvalue weighted by Gasteiger charge is 2.08. The molecule has 0 aliphatic heterocycles. The van der Waals surface area contributed by atoms with Crippen LogP contribution in [0.25, 0.3) is 22.2 Å². The first-order valence-electron chi connectivity index (χ1n) is 7.50. The number of nitrogens with zero attached hydrogens (tertiary/aromatic N) is 3. The average Bonchev–Trinajstić information content (AvgIpc) is 2.99. The zero-order chi connectivity index (χ0) is 16.5. The molecule has 0 amide bonds. The van der Waals surface area contributed by atoms with Crippen molar-refractivity contribution in [3.8, 4) is 11.1 Å². The first-order chi connectivity index (χ1) is 11.7. The molecule has 5 nitrogen and oxygen atoms in total. The Morgan fingerprint density at radius 3 is 2.67 bits per heavy atom. The molecule has 4 aromatic rings. The number of anilines is 2. The molecular weight excluding hydrogens is 322 g/mol. The fourth-order valence-corrected chi connectivity index (χ4v) is 2.83. The molecule has 0 saturated heterocycles. The summed E-state index contributed by atoms with van der Waals surface area (Å²) in [5, 5.41) is 19.9. The lowest BCUT2D eigenvalue weighted by Crippen LogP contribution is -1.93. The largest absolute Gasteiger partial charge is 0.338 e. The topological polar surface area (TPSA) is 66.5 Å². The maximum atomic E-state index is 5.96. The number of rotatable bonds is 3. The van der Waals surface area contributed by atoms with Crippen molar-refractivity contribution in [3.05, 3.63) is 65.3 Å². The second-order valence-corrected chi connectivity index (χ2v) is 5.96. The van der Waals surface area contributed by atoms with E-state index < -0.39 is 0 Å². The molecule has 0 atom stereocenters. The highest BCUT2D eigenvalue weighted by Crippen LogP contribution is 2.29. The molecule has 2 N–H and O–H groups in total. The molecule has 0 radical (unpaired) electrons. The van der Waals surface area contributed by atoms with Crippen LogP contribution in [0.1, 0.15) is 5.56 Å². The summed E-state index contributed by atoms with van der Waals surface area (Å²) in [6.07, 6.45) is 1.65. The van der Waals surface area contributed by atoms with Crippen molar-refractivity contribution in [3.63, 3.8) is 0 Å². The zero-order valence-electron chi connectivity index (χ0n) is 12.9. The van der Waals surface area contributed by atoms with E-state index in [1.807, 2.05) is 36.4 Å². The van der Waals surface area contributed by atoms with E-state index in [0.29, 0.717) is 5.65 Å². The Kier molecular flexibility index (Phi) is 3.63. The number of aromatic amines is 1. The van der Waals surface area contributed by atoms with Crippen LogP contribution < -0.4 is 5.32 Å². The van der Waals surface area contributed by atoms with E-state index in [2.05, 4.69) is 44.8 Å². The lowest BCUT2D eigenvalue weighted by atomic mass is 10.00. The van der Waals surface area contributed by atoms with Gasteiger partial charge in [0, 0.05) is 10.7 Å². The molecule has 2 heterocycles. The molecule has 0 spiro atoms. The third kappa shape index (κ3) is 2.70. The predicted octanol–water partition coefficient (Wildman–Crippen LogP) is 4.73. The number of nitrogens with one attached hydrogen (secondary N) is 2. The van der Waals surface area contributed by atoms with E-state index in [-0.39, 0.29) is 0 Å². The predicted molar refractivity (Wildman–Crippen MR) is 96.6 cm³/mol. The van der Waals surface area contributed by atoms with Gasteiger partial charge in [-0.25, -0.2) is 0 Å². The van der Waals surface area contributed by atoms with Gasteiger partial charge in [-0.3, -0.25) is 5.10 Å². The molecule has 2 aromatic heterocycles. The van der Waals surface area contributed by atoms with Gasteiger partial charge in [0.1, 0.15) is 0 Å². The average molecular weight is 336 g/mol. The van der Waals surface area contributed by atoms with Crippen molar-refractivity contribution in [2.75, 3.05) is 5.32 Å². The summed E-state index contributed by atoms with van der Waals surface area (Å²) in [7, 11) is 0. The van der Waals surface area contributed by atoms with Crippen molar-refractivity contribution in [1.29, 1.82) is 0 Å². The van der Waals surface area contributed by atoms with Crippen molar-refractivity contribution in [2.45, 2.75) is 6.92 Å². The van der Waals surface area contributed by atoms with Gasteiger partial charge in [0.15, 0.2) is 11.5 Å². The Morgan fingerprint density at radius 2 is 1.88 bits per heavy atom. The standard InChI is InChI=1S/C18H14ClN5/c1-11-10-14(6-7-15(11)12-2-4-13(19)5-3-12)21-17-16-8-9-20-22-18(16)24-23-17/h2-10H,1H3,(H2,21,22,23,24). The maximum absolute atomic E-state index is 5.96. The van der Waals surface area contributed by atoms with Crippen LogP contribution >= 0.6 is 11.6 Å². The molecule has 0 saturated carbocycles. The fraction of sp³-hybridized carbons (Fsp3) is 0.0556. The minimum Gasteiger partial charge on any atom is -0.338 e.